The zero-order chi connectivity index (χ0) is 12.6. The second-order valence-electron chi connectivity index (χ2n) is 4.00. The Balaban J connectivity index is 2.48. The van der Waals surface area contributed by atoms with Gasteiger partial charge in [-0.3, -0.25) is 0 Å². The third kappa shape index (κ3) is 2.40. The van der Waals surface area contributed by atoms with E-state index in [0.29, 0.717) is 0 Å². The van der Waals surface area contributed by atoms with Gasteiger partial charge in [-0.2, -0.15) is 5.10 Å². The van der Waals surface area contributed by atoms with Crippen LogP contribution in [0.2, 0.25) is 0 Å². The number of aromatic nitrogens is 3. The Morgan fingerprint density at radius 3 is 2.53 bits per heavy atom. The molecular weight excluding hydrogens is 282 g/mol. The minimum Gasteiger partial charge on any atom is -0.389 e. The van der Waals surface area contributed by atoms with Crippen LogP contribution in [0.5, 0.6) is 0 Å². The average Bonchev–Trinajstić information content (AvgIpc) is 2.57. The van der Waals surface area contributed by atoms with Crippen LogP contribution in [-0.2, 0) is 0 Å². The van der Waals surface area contributed by atoms with Crippen LogP contribution in [0, 0.1) is 13.8 Å². The van der Waals surface area contributed by atoms with Crippen molar-refractivity contribution in [3.05, 3.63) is 39.9 Å². The summed E-state index contributed by atoms with van der Waals surface area (Å²) in [5.41, 5.74) is 1.79. The van der Waals surface area contributed by atoms with E-state index in [1.54, 1.807) is 11.6 Å². The van der Waals surface area contributed by atoms with Crippen molar-refractivity contribution in [2.75, 3.05) is 0 Å². The van der Waals surface area contributed by atoms with Gasteiger partial charge in [0.1, 0.15) is 11.6 Å². The molecule has 4 nitrogen and oxygen atoms in total. The Morgan fingerprint density at radius 2 is 2.06 bits per heavy atom. The van der Waals surface area contributed by atoms with Gasteiger partial charge >= 0.3 is 0 Å². The molecule has 0 saturated carbocycles. The van der Waals surface area contributed by atoms with E-state index in [9.17, 15) is 5.11 Å². The topological polar surface area (TPSA) is 50.9 Å². The number of rotatable bonds is 2. The third-order valence-corrected chi connectivity index (χ3v) is 3.24. The molecule has 0 fully saturated rings. The molecule has 1 atom stereocenters. The van der Waals surface area contributed by atoms with Gasteiger partial charge in [0, 0.05) is 4.47 Å². The van der Waals surface area contributed by atoms with Crippen molar-refractivity contribution in [1.82, 2.24) is 14.8 Å². The summed E-state index contributed by atoms with van der Waals surface area (Å²) in [4.78, 5) is 4.26. The van der Waals surface area contributed by atoms with E-state index in [2.05, 4.69) is 26.0 Å². The average molecular weight is 296 g/mol. The number of aryl methyl sites for hydroxylation is 2. The molecule has 0 aliphatic rings. The van der Waals surface area contributed by atoms with Gasteiger partial charge < -0.3 is 5.11 Å². The zero-order valence-corrected chi connectivity index (χ0v) is 11.6. The number of aliphatic hydroxyl groups is 1. The molecule has 0 unspecified atom stereocenters. The van der Waals surface area contributed by atoms with E-state index in [1.165, 1.54) is 0 Å². The number of nitrogens with zero attached hydrogens (tertiary/aromatic N) is 3. The summed E-state index contributed by atoms with van der Waals surface area (Å²) in [7, 11) is 0. The Hall–Kier alpha value is -1.20. The smallest absolute Gasteiger partial charge is 0.148 e. The number of hydrogen-bond donors (Lipinski definition) is 1. The first-order chi connectivity index (χ1) is 7.99. The molecule has 1 heterocycles. The first-order valence-corrected chi connectivity index (χ1v) is 6.16. The summed E-state index contributed by atoms with van der Waals surface area (Å²) in [5.74, 6) is 1.59. The summed E-state index contributed by atoms with van der Waals surface area (Å²) in [5, 5.41) is 13.9. The lowest BCUT2D eigenvalue weighted by atomic mass is 10.1. The van der Waals surface area contributed by atoms with Crippen molar-refractivity contribution in [3.8, 4) is 5.69 Å². The molecule has 1 aromatic heterocycles. The Morgan fingerprint density at radius 1 is 1.35 bits per heavy atom. The second-order valence-corrected chi connectivity index (χ2v) is 4.85. The van der Waals surface area contributed by atoms with Crippen LogP contribution in [0.3, 0.4) is 0 Å². The van der Waals surface area contributed by atoms with Gasteiger partial charge in [-0.1, -0.05) is 22.0 Å². The molecule has 0 bridgehead atoms. The number of hydrogen-bond acceptors (Lipinski definition) is 3. The van der Waals surface area contributed by atoms with Crippen LogP contribution in [0.15, 0.2) is 22.7 Å². The first kappa shape index (κ1) is 12.3. The summed E-state index contributed by atoms with van der Waals surface area (Å²) in [6.45, 7) is 5.52. The van der Waals surface area contributed by atoms with Crippen LogP contribution in [0.1, 0.15) is 30.2 Å². The molecule has 1 aromatic carbocycles. The predicted octanol–water partition coefficient (Wildman–Crippen LogP) is 2.70. The lowest BCUT2D eigenvalue weighted by Gasteiger charge is -2.10. The molecule has 0 radical (unpaired) electrons. The van der Waals surface area contributed by atoms with Crippen molar-refractivity contribution in [2.24, 2.45) is 0 Å². The van der Waals surface area contributed by atoms with Gasteiger partial charge in [0.2, 0.25) is 0 Å². The maximum atomic E-state index is 9.56. The van der Waals surface area contributed by atoms with E-state index < -0.39 is 6.10 Å². The van der Waals surface area contributed by atoms with Crippen molar-refractivity contribution < 1.29 is 5.11 Å². The van der Waals surface area contributed by atoms with Crippen molar-refractivity contribution in [2.45, 2.75) is 26.9 Å². The predicted molar refractivity (Wildman–Crippen MR) is 69.2 cm³/mol. The van der Waals surface area contributed by atoms with Gasteiger partial charge in [0.05, 0.1) is 11.8 Å². The Kier molecular flexibility index (Phi) is 3.31. The van der Waals surface area contributed by atoms with Gasteiger partial charge in [0.15, 0.2) is 0 Å². The fraction of sp³-hybridized carbons (Fsp3) is 0.333. The van der Waals surface area contributed by atoms with Crippen molar-refractivity contribution in [3.63, 3.8) is 0 Å². The van der Waals surface area contributed by atoms with Gasteiger partial charge in [-0.25, -0.2) is 9.67 Å². The fourth-order valence-electron chi connectivity index (χ4n) is 1.75. The molecule has 5 heteroatoms. The summed E-state index contributed by atoms with van der Waals surface area (Å²) < 4.78 is 2.66. The summed E-state index contributed by atoms with van der Waals surface area (Å²) in [6.07, 6.45) is -0.489. The maximum absolute atomic E-state index is 9.56. The van der Waals surface area contributed by atoms with Gasteiger partial charge in [-0.05, 0) is 38.5 Å². The highest BCUT2D eigenvalue weighted by Crippen LogP contribution is 2.26. The quantitative estimate of drug-likeness (QED) is 0.927. The van der Waals surface area contributed by atoms with Crippen molar-refractivity contribution >= 4 is 15.9 Å². The van der Waals surface area contributed by atoms with E-state index in [4.69, 9.17) is 0 Å². The highest BCUT2D eigenvalue weighted by atomic mass is 79.9. The van der Waals surface area contributed by atoms with Crippen molar-refractivity contribution in [1.29, 1.82) is 0 Å². The Labute approximate surface area is 108 Å². The second kappa shape index (κ2) is 4.58. The number of benzene rings is 1. The summed E-state index contributed by atoms with van der Waals surface area (Å²) >= 11 is 3.45. The molecule has 2 aromatic rings. The summed E-state index contributed by atoms with van der Waals surface area (Å²) in [6, 6.07) is 5.75. The molecule has 0 saturated heterocycles. The van der Waals surface area contributed by atoms with E-state index in [1.807, 2.05) is 32.0 Å². The molecule has 17 heavy (non-hydrogen) atoms. The lowest BCUT2D eigenvalue weighted by Crippen LogP contribution is -2.01. The van der Waals surface area contributed by atoms with Crippen LogP contribution in [-0.4, -0.2) is 19.9 Å². The molecule has 2 rings (SSSR count). The largest absolute Gasteiger partial charge is 0.389 e. The van der Waals surface area contributed by atoms with E-state index in [-0.39, 0.29) is 0 Å². The van der Waals surface area contributed by atoms with Crippen LogP contribution in [0.4, 0.5) is 0 Å². The maximum Gasteiger partial charge on any atom is 0.148 e. The normalized spacial score (nSPS) is 12.8. The molecule has 0 aliphatic heterocycles. The Bertz CT molecular complexity index is 549. The standard InChI is InChI=1S/C12H14BrN3O/c1-7(17)11-5-4-10(6-12(11)13)16-9(3)14-8(2)15-16/h4-7,17H,1-3H3/t7-/m1/s1. The highest BCUT2D eigenvalue weighted by molar-refractivity contribution is 9.10. The first-order valence-electron chi connectivity index (χ1n) is 5.37. The number of aliphatic hydroxyl groups excluding tert-OH is 1. The monoisotopic (exact) mass is 295 g/mol. The zero-order valence-electron chi connectivity index (χ0n) is 9.98. The third-order valence-electron chi connectivity index (χ3n) is 2.55. The fourth-order valence-corrected chi connectivity index (χ4v) is 2.45. The van der Waals surface area contributed by atoms with Gasteiger partial charge in [0.25, 0.3) is 0 Å². The highest BCUT2D eigenvalue weighted by Gasteiger charge is 2.10. The molecular formula is C12H14BrN3O. The molecule has 0 spiro atoms. The van der Waals surface area contributed by atoms with E-state index >= 15 is 0 Å². The molecule has 0 aliphatic carbocycles. The number of halogens is 1. The van der Waals surface area contributed by atoms with Crippen LogP contribution in [0.25, 0.3) is 5.69 Å². The molecule has 90 valence electrons. The minimum absolute atomic E-state index is 0.489. The van der Waals surface area contributed by atoms with E-state index in [0.717, 1.165) is 27.4 Å². The minimum atomic E-state index is -0.489. The van der Waals surface area contributed by atoms with Gasteiger partial charge in [-0.15, -0.1) is 0 Å². The van der Waals surface area contributed by atoms with Crippen LogP contribution >= 0.6 is 15.9 Å². The molecule has 0 amide bonds. The SMILES string of the molecule is Cc1nc(C)n(-c2ccc([C@@H](C)O)c(Br)c2)n1. The lowest BCUT2D eigenvalue weighted by molar-refractivity contribution is 0.198. The molecule has 1 N–H and O–H groups in total. The van der Waals surface area contributed by atoms with Crippen LogP contribution < -0.4 is 0 Å².